The van der Waals surface area contributed by atoms with Crippen LogP contribution in [-0.2, 0) is 0 Å². The average molecular weight is 394 g/mol. The zero-order valence-corrected chi connectivity index (χ0v) is 16.7. The molecule has 0 saturated carbocycles. The van der Waals surface area contributed by atoms with Crippen LogP contribution >= 0.6 is 0 Å². The molecule has 0 bridgehead atoms. The molecule has 2 atom stereocenters. The van der Waals surface area contributed by atoms with Crippen LogP contribution in [0.2, 0.25) is 0 Å². The minimum atomic E-state index is -0.709. The van der Waals surface area contributed by atoms with Crippen LogP contribution in [0.25, 0.3) is 0 Å². The standard InChI is InChI=1S/C22H26N4O3/c1-3-4-13-28-18-8-5-17(6-9-18)7-10-19-14-20(25-29-19)21(15-23)26-12-11-24-22(26)16(2)27/h5-6,8-9,11-12,14,16,21,27H,3-4,13,15,23H2,1-2H3. The van der Waals surface area contributed by atoms with E-state index in [9.17, 15) is 5.11 Å². The minimum absolute atomic E-state index is 0.287. The average Bonchev–Trinajstić information content (AvgIpc) is 3.39. The van der Waals surface area contributed by atoms with E-state index in [4.69, 9.17) is 15.0 Å². The highest BCUT2D eigenvalue weighted by molar-refractivity contribution is 5.42. The molecule has 0 saturated heterocycles. The lowest BCUT2D eigenvalue weighted by atomic mass is 10.1. The van der Waals surface area contributed by atoms with E-state index in [0.717, 1.165) is 30.8 Å². The highest BCUT2D eigenvalue weighted by atomic mass is 16.5. The first-order valence-corrected chi connectivity index (χ1v) is 9.74. The molecular formula is C22H26N4O3. The molecule has 0 amide bonds. The Labute approximate surface area is 170 Å². The smallest absolute Gasteiger partial charge is 0.210 e. The van der Waals surface area contributed by atoms with Gasteiger partial charge in [-0.05, 0) is 43.5 Å². The second-order valence-corrected chi connectivity index (χ2v) is 6.71. The van der Waals surface area contributed by atoms with Crippen LogP contribution < -0.4 is 10.5 Å². The van der Waals surface area contributed by atoms with E-state index >= 15 is 0 Å². The molecule has 3 rings (SSSR count). The summed E-state index contributed by atoms with van der Waals surface area (Å²) in [5.74, 6) is 7.85. The Kier molecular flexibility index (Phi) is 7.06. The fraction of sp³-hybridized carbons (Fsp3) is 0.364. The number of hydrogen-bond acceptors (Lipinski definition) is 6. The molecule has 29 heavy (non-hydrogen) atoms. The molecule has 0 aliphatic heterocycles. The number of aliphatic hydroxyl groups excluding tert-OH is 1. The van der Waals surface area contributed by atoms with Gasteiger partial charge in [-0.15, -0.1) is 0 Å². The lowest BCUT2D eigenvalue weighted by Crippen LogP contribution is -2.22. The Hall–Kier alpha value is -3.08. The van der Waals surface area contributed by atoms with Crippen molar-refractivity contribution in [2.75, 3.05) is 13.2 Å². The maximum absolute atomic E-state index is 9.88. The number of aromatic nitrogens is 3. The van der Waals surface area contributed by atoms with Gasteiger partial charge in [0.2, 0.25) is 5.76 Å². The molecule has 152 valence electrons. The molecule has 0 aliphatic rings. The zero-order valence-electron chi connectivity index (χ0n) is 16.7. The highest BCUT2D eigenvalue weighted by Gasteiger charge is 2.21. The summed E-state index contributed by atoms with van der Waals surface area (Å²) in [7, 11) is 0. The molecule has 0 fully saturated rings. The highest BCUT2D eigenvalue weighted by Crippen LogP contribution is 2.22. The molecular weight excluding hydrogens is 368 g/mol. The Bertz CT molecular complexity index is 964. The number of unbranched alkanes of at least 4 members (excludes halogenated alkanes) is 1. The van der Waals surface area contributed by atoms with E-state index in [0.29, 0.717) is 17.3 Å². The lowest BCUT2D eigenvalue weighted by Gasteiger charge is -2.17. The van der Waals surface area contributed by atoms with Gasteiger partial charge in [-0.25, -0.2) is 4.98 Å². The number of imidazole rings is 1. The molecule has 2 unspecified atom stereocenters. The fourth-order valence-corrected chi connectivity index (χ4v) is 2.90. The summed E-state index contributed by atoms with van der Waals surface area (Å²) < 4.78 is 12.8. The monoisotopic (exact) mass is 394 g/mol. The van der Waals surface area contributed by atoms with E-state index in [1.165, 1.54) is 0 Å². The Balaban J connectivity index is 1.71. The van der Waals surface area contributed by atoms with Gasteiger partial charge in [0.05, 0.1) is 12.6 Å². The number of aliphatic hydroxyl groups is 1. The van der Waals surface area contributed by atoms with Crippen LogP contribution in [0.3, 0.4) is 0 Å². The summed E-state index contributed by atoms with van der Waals surface area (Å²) >= 11 is 0. The summed E-state index contributed by atoms with van der Waals surface area (Å²) in [6, 6.07) is 9.11. The van der Waals surface area contributed by atoms with Gasteiger partial charge in [0.15, 0.2) is 0 Å². The third-order valence-electron chi connectivity index (χ3n) is 4.45. The predicted octanol–water partition coefficient (Wildman–Crippen LogP) is 3.05. The van der Waals surface area contributed by atoms with Crippen LogP contribution in [0.4, 0.5) is 0 Å². The van der Waals surface area contributed by atoms with Gasteiger partial charge in [-0.2, -0.15) is 0 Å². The van der Waals surface area contributed by atoms with Crippen molar-refractivity contribution < 1.29 is 14.4 Å². The van der Waals surface area contributed by atoms with E-state index in [1.54, 1.807) is 30.0 Å². The molecule has 3 aromatic rings. The van der Waals surface area contributed by atoms with E-state index in [2.05, 4.69) is 28.9 Å². The van der Waals surface area contributed by atoms with Crippen molar-refractivity contribution in [1.29, 1.82) is 0 Å². The number of benzene rings is 1. The maximum atomic E-state index is 9.88. The van der Waals surface area contributed by atoms with Gasteiger partial charge < -0.3 is 24.7 Å². The first kappa shape index (κ1) is 20.6. The van der Waals surface area contributed by atoms with Crippen LogP contribution in [0.5, 0.6) is 5.75 Å². The van der Waals surface area contributed by atoms with E-state index in [-0.39, 0.29) is 12.6 Å². The number of hydrogen-bond donors (Lipinski definition) is 2. The summed E-state index contributed by atoms with van der Waals surface area (Å²) in [6.45, 7) is 4.80. The summed E-state index contributed by atoms with van der Waals surface area (Å²) in [5.41, 5.74) is 7.43. The topological polar surface area (TPSA) is 99.3 Å². The van der Waals surface area contributed by atoms with Gasteiger partial charge >= 0.3 is 0 Å². The molecule has 0 spiro atoms. The Morgan fingerprint density at radius 1 is 1.28 bits per heavy atom. The number of nitrogens with zero attached hydrogens (tertiary/aromatic N) is 3. The van der Waals surface area contributed by atoms with Crippen LogP contribution in [-0.4, -0.2) is 33.0 Å². The van der Waals surface area contributed by atoms with Gasteiger partial charge in [0.1, 0.15) is 23.4 Å². The Morgan fingerprint density at radius 2 is 2.07 bits per heavy atom. The van der Waals surface area contributed by atoms with Crippen molar-refractivity contribution in [3.63, 3.8) is 0 Å². The third-order valence-corrected chi connectivity index (χ3v) is 4.45. The molecule has 3 N–H and O–H groups in total. The SMILES string of the molecule is CCCCOc1ccc(C#Cc2cc(C(CN)n3ccnc3C(C)O)no2)cc1. The van der Waals surface area contributed by atoms with E-state index < -0.39 is 6.10 Å². The van der Waals surface area contributed by atoms with Crippen molar-refractivity contribution in [1.82, 2.24) is 14.7 Å². The van der Waals surface area contributed by atoms with Crippen LogP contribution in [0.15, 0.2) is 47.2 Å². The fourth-order valence-electron chi connectivity index (χ4n) is 2.90. The van der Waals surface area contributed by atoms with Crippen molar-refractivity contribution in [2.45, 2.75) is 38.8 Å². The van der Waals surface area contributed by atoms with Gasteiger partial charge in [-0.3, -0.25) is 0 Å². The number of nitrogens with two attached hydrogens (primary N) is 1. The van der Waals surface area contributed by atoms with Crippen molar-refractivity contribution in [3.05, 3.63) is 65.6 Å². The van der Waals surface area contributed by atoms with Crippen LogP contribution in [0, 0.1) is 11.8 Å². The second-order valence-electron chi connectivity index (χ2n) is 6.71. The first-order valence-electron chi connectivity index (χ1n) is 9.74. The largest absolute Gasteiger partial charge is 0.494 e. The molecule has 7 heteroatoms. The number of rotatable bonds is 8. The minimum Gasteiger partial charge on any atom is -0.494 e. The zero-order chi connectivity index (χ0) is 20.6. The molecule has 0 radical (unpaired) electrons. The quantitative estimate of drug-likeness (QED) is 0.450. The lowest BCUT2D eigenvalue weighted by molar-refractivity contribution is 0.182. The van der Waals surface area contributed by atoms with Gasteiger partial charge in [-0.1, -0.05) is 24.4 Å². The van der Waals surface area contributed by atoms with Gasteiger partial charge in [0, 0.05) is 30.6 Å². The molecule has 0 aliphatic carbocycles. The summed E-state index contributed by atoms with van der Waals surface area (Å²) in [6.07, 6.45) is 4.83. The Morgan fingerprint density at radius 3 is 2.76 bits per heavy atom. The van der Waals surface area contributed by atoms with Crippen molar-refractivity contribution in [3.8, 4) is 17.6 Å². The third kappa shape index (κ3) is 5.25. The first-order chi connectivity index (χ1) is 14.1. The van der Waals surface area contributed by atoms with E-state index in [1.807, 2.05) is 24.3 Å². The summed E-state index contributed by atoms with van der Waals surface area (Å²) in [5, 5.41) is 14.0. The predicted molar refractivity (Wildman–Crippen MR) is 109 cm³/mol. The summed E-state index contributed by atoms with van der Waals surface area (Å²) in [4.78, 5) is 4.18. The maximum Gasteiger partial charge on any atom is 0.210 e. The van der Waals surface area contributed by atoms with Crippen LogP contribution in [0.1, 0.15) is 61.7 Å². The second kappa shape index (κ2) is 9.92. The molecule has 7 nitrogen and oxygen atoms in total. The number of ether oxygens (including phenoxy) is 1. The molecule has 1 aromatic carbocycles. The van der Waals surface area contributed by atoms with Crippen molar-refractivity contribution >= 4 is 0 Å². The normalized spacial score (nSPS) is 12.8. The van der Waals surface area contributed by atoms with Gasteiger partial charge in [0.25, 0.3) is 0 Å². The van der Waals surface area contributed by atoms with Crippen molar-refractivity contribution in [2.24, 2.45) is 5.73 Å². The molecule has 2 aromatic heterocycles. The molecule has 2 heterocycles.